The van der Waals surface area contributed by atoms with E-state index in [2.05, 4.69) is 32.2 Å². The summed E-state index contributed by atoms with van der Waals surface area (Å²) in [5, 5.41) is 23.8. The Balaban J connectivity index is 1.06. The number of rotatable bonds is 22. The Labute approximate surface area is 341 Å². The van der Waals surface area contributed by atoms with E-state index in [9.17, 15) is 9.90 Å². The first kappa shape index (κ1) is 43.1. The molecule has 6 rings (SSSR count). The van der Waals surface area contributed by atoms with Crippen molar-refractivity contribution >= 4 is 23.1 Å². The van der Waals surface area contributed by atoms with Gasteiger partial charge in [-0.2, -0.15) is 0 Å². The van der Waals surface area contributed by atoms with Gasteiger partial charge < -0.3 is 48.7 Å². The Morgan fingerprint density at radius 2 is 1.40 bits per heavy atom. The highest BCUT2D eigenvalue weighted by Gasteiger charge is 2.41. The topological polar surface area (TPSA) is 171 Å². The van der Waals surface area contributed by atoms with E-state index in [4.69, 9.17) is 53.2 Å². The number of aliphatic hydroxyl groups is 2. The van der Waals surface area contributed by atoms with Crippen LogP contribution in [-0.4, -0.2) is 120 Å². The normalized spacial score (nSPS) is 21.2. The lowest BCUT2D eigenvalue weighted by atomic mass is 9.86. The quantitative estimate of drug-likeness (QED) is 0.0912. The molecule has 6 aliphatic rings. The maximum Gasteiger partial charge on any atom is 0.305 e. The van der Waals surface area contributed by atoms with Crippen molar-refractivity contribution in [3.8, 4) is 0 Å². The van der Waals surface area contributed by atoms with Crippen LogP contribution >= 0.6 is 0 Å². The number of carbonyl (C=O) groups excluding carboxylic acids is 1. The van der Waals surface area contributed by atoms with E-state index in [1.807, 2.05) is 26.0 Å². The third-order valence-corrected chi connectivity index (χ3v) is 11.1. The van der Waals surface area contributed by atoms with Gasteiger partial charge in [0.15, 0.2) is 0 Å². The van der Waals surface area contributed by atoms with Crippen LogP contribution in [0.5, 0.6) is 0 Å². The predicted octanol–water partition coefficient (Wildman–Crippen LogP) is 5.66. The van der Waals surface area contributed by atoms with E-state index in [0.717, 1.165) is 85.5 Å². The van der Waals surface area contributed by atoms with Gasteiger partial charge in [0.2, 0.25) is 0 Å². The summed E-state index contributed by atoms with van der Waals surface area (Å²) in [5.74, 6) is 0.651. The second kappa shape index (κ2) is 20.5. The van der Waals surface area contributed by atoms with Crippen molar-refractivity contribution in [3.63, 3.8) is 0 Å². The van der Waals surface area contributed by atoms with Crippen LogP contribution in [0.3, 0.4) is 0 Å². The van der Waals surface area contributed by atoms with Crippen molar-refractivity contribution in [3.05, 3.63) is 91.7 Å². The molecule has 14 nitrogen and oxygen atoms in total. The van der Waals surface area contributed by atoms with E-state index < -0.39 is 0 Å². The van der Waals surface area contributed by atoms with E-state index in [-0.39, 0.29) is 44.0 Å². The molecule has 0 unspecified atom stereocenters. The molecule has 1 aliphatic carbocycles. The Bertz CT molecular complexity index is 1960. The maximum absolute atomic E-state index is 13.0. The number of nitrogens with zero attached hydrogens (tertiary/aromatic N) is 3. The summed E-state index contributed by atoms with van der Waals surface area (Å²) in [4.78, 5) is 28.3. The largest absolute Gasteiger partial charge is 0.511 e. The van der Waals surface area contributed by atoms with Gasteiger partial charge in [0.25, 0.3) is 0 Å². The number of methoxy groups -OCH3 is 1. The second-order valence-corrected chi connectivity index (χ2v) is 14.7. The fourth-order valence-electron chi connectivity index (χ4n) is 7.95. The van der Waals surface area contributed by atoms with Crippen molar-refractivity contribution in [1.29, 1.82) is 0 Å². The van der Waals surface area contributed by atoms with Gasteiger partial charge in [0.1, 0.15) is 23.8 Å². The van der Waals surface area contributed by atoms with Crippen LogP contribution in [0.2, 0.25) is 0 Å². The zero-order valence-electron chi connectivity index (χ0n) is 34.7. The SMILES string of the molecule is CCC1=C(C)C2=NC1=CC1=C(C)C3=C(O)CC(=C4NC(=CC5=NC(=C2)C(OC)=C5C)[C@@H](C)[C@@H]4CCC(=O)OCCOCCOCCOCCOCCOCCO)C3=N1. The Kier molecular flexibility index (Phi) is 15.2. The summed E-state index contributed by atoms with van der Waals surface area (Å²) in [6.07, 6.45) is 8.01. The minimum Gasteiger partial charge on any atom is -0.511 e. The minimum absolute atomic E-state index is 0.00434. The summed E-state index contributed by atoms with van der Waals surface area (Å²) < 4.78 is 38.5. The molecular weight excluding hydrogens is 745 g/mol. The average molecular weight is 803 g/mol. The number of carbonyl (C=O) groups is 1. The highest BCUT2D eigenvalue weighted by Crippen LogP contribution is 2.46. The zero-order chi connectivity index (χ0) is 41.2. The Morgan fingerprint density at radius 1 is 0.793 bits per heavy atom. The van der Waals surface area contributed by atoms with Gasteiger partial charge in [-0.15, -0.1) is 0 Å². The van der Waals surface area contributed by atoms with Crippen molar-refractivity contribution < 1.29 is 48.2 Å². The lowest BCUT2D eigenvalue weighted by Crippen LogP contribution is -2.17. The van der Waals surface area contributed by atoms with Gasteiger partial charge in [0.05, 0.1) is 108 Å². The average Bonchev–Trinajstić information content (AvgIpc) is 3.97. The van der Waals surface area contributed by atoms with Gasteiger partial charge in [-0.1, -0.05) is 13.8 Å². The van der Waals surface area contributed by atoms with Crippen LogP contribution in [0.4, 0.5) is 0 Å². The van der Waals surface area contributed by atoms with Crippen LogP contribution in [0, 0.1) is 11.8 Å². The fourth-order valence-corrected chi connectivity index (χ4v) is 7.95. The highest BCUT2D eigenvalue weighted by molar-refractivity contribution is 6.21. The third kappa shape index (κ3) is 9.87. The van der Waals surface area contributed by atoms with Crippen molar-refractivity contribution in [2.24, 2.45) is 26.8 Å². The zero-order valence-corrected chi connectivity index (χ0v) is 34.7. The van der Waals surface area contributed by atoms with Gasteiger partial charge in [-0.25, -0.2) is 15.0 Å². The van der Waals surface area contributed by atoms with E-state index in [1.165, 1.54) is 0 Å². The number of aliphatic imine (C=N–C) groups is 3. The van der Waals surface area contributed by atoms with E-state index >= 15 is 0 Å². The van der Waals surface area contributed by atoms with Crippen molar-refractivity contribution in [1.82, 2.24) is 5.32 Å². The number of ether oxygens (including phenoxy) is 7. The molecular formula is C44H58N4O10. The molecule has 5 heterocycles. The van der Waals surface area contributed by atoms with Crippen LogP contribution < -0.4 is 5.32 Å². The molecule has 314 valence electrons. The molecule has 8 bridgehead atoms. The first-order valence-electron chi connectivity index (χ1n) is 20.3. The highest BCUT2D eigenvalue weighted by atomic mass is 16.6. The molecule has 0 aromatic rings. The molecule has 0 amide bonds. The number of nitrogens with one attached hydrogen (secondary N) is 1. The molecule has 0 aromatic heterocycles. The molecule has 1 saturated heterocycles. The molecule has 0 saturated carbocycles. The smallest absolute Gasteiger partial charge is 0.305 e. The minimum atomic E-state index is -0.298. The fraction of sp³-hybridized carbons (Fsp3) is 0.545. The summed E-state index contributed by atoms with van der Waals surface area (Å²) >= 11 is 0. The van der Waals surface area contributed by atoms with E-state index in [0.29, 0.717) is 83.8 Å². The molecule has 58 heavy (non-hydrogen) atoms. The molecule has 2 atom stereocenters. The Hall–Kier alpha value is -4.44. The van der Waals surface area contributed by atoms with Crippen molar-refractivity contribution in [2.45, 2.75) is 60.3 Å². The predicted molar refractivity (Wildman–Crippen MR) is 220 cm³/mol. The number of esters is 1. The van der Waals surface area contributed by atoms with Crippen molar-refractivity contribution in [2.75, 3.05) is 86.4 Å². The van der Waals surface area contributed by atoms with E-state index in [1.54, 1.807) is 7.11 Å². The second-order valence-electron chi connectivity index (χ2n) is 14.7. The van der Waals surface area contributed by atoms with Gasteiger partial charge in [-0.05, 0) is 68.6 Å². The van der Waals surface area contributed by atoms with Gasteiger partial charge in [0, 0.05) is 52.8 Å². The molecule has 1 fully saturated rings. The molecule has 14 heteroatoms. The molecule has 3 N–H and O–H groups in total. The van der Waals surface area contributed by atoms with Crippen LogP contribution in [0.25, 0.3) is 0 Å². The number of allylic oxidation sites excluding steroid dienone is 11. The first-order chi connectivity index (χ1) is 28.2. The van der Waals surface area contributed by atoms with Crippen LogP contribution in [-0.2, 0) is 38.0 Å². The lowest BCUT2D eigenvalue weighted by molar-refractivity contribution is -0.145. The van der Waals surface area contributed by atoms with Gasteiger partial charge >= 0.3 is 5.97 Å². The summed E-state index contributed by atoms with van der Waals surface area (Å²) in [5.41, 5.74) is 12.5. The molecule has 0 radical (unpaired) electrons. The monoisotopic (exact) mass is 802 g/mol. The molecule has 0 aromatic carbocycles. The number of hydrogen-bond acceptors (Lipinski definition) is 14. The number of fused-ring (bicyclic) bond motifs is 5. The molecule has 5 aliphatic heterocycles. The number of hydrogen-bond donors (Lipinski definition) is 3. The summed E-state index contributed by atoms with van der Waals surface area (Å²) in [7, 11) is 1.67. The Morgan fingerprint density at radius 3 is 2.02 bits per heavy atom. The third-order valence-electron chi connectivity index (χ3n) is 11.1. The summed E-state index contributed by atoms with van der Waals surface area (Å²) in [6, 6.07) is 0. The number of aliphatic hydroxyl groups excluding tert-OH is 2. The standard InChI is InChI=1S/C44H58N4O10/c1-7-30-26(2)33-25-38-44(52-6)29(5)36(46-38)23-34-27(3)31(42(47-34)32-22-39(50)41-28(4)35(48-43(32)41)24-37(30)45-33)8-9-40(51)58-21-20-57-19-18-56-17-16-55-15-14-54-13-12-53-11-10-49/h23-25,27,31,47,49-50H,7-22H2,1-6H3/t27-,31-/m0/s1. The van der Waals surface area contributed by atoms with Gasteiger partial charge in [-0.3, -0.25) is 4.79 Å². The lowest BCUT2D eigenvalue weighted by Gasteiger charge is -2.17. The maximum atomic E-state index is 13.0. The molecule has 0 spiro atoms. The first-order valence-corrected chi connectivity index (χ1v) is 20.3. The van der Waals surface area contributed by atoms with Crippen LogP contribution in [0.15, 0.2) is 107 Å². The van der Waals surface area contributed by atoms with Crippen LogP contribution in [0.1, 0.15) is 60.3 Å². The summed E-state index contributed by atoms with van der Waals surface area (Å²) in [6.45, 7) is 14.6.